The number of halogens is 2. The maximum atomic E-state index is 13.4. The Kier molecular flexibility index (Phi) is 5.17. The van der Waals surface area contributed by atoms with Crippen molar-refractivity contribution in [1.29, 1.82) is 0 Å². The molecule has 5 heteroatoms. The highest BCUT2D eigenvalue weighted by molar-refractivity contribution is 6.30. The highest BCUT2D eigenvalue weighted by atomic mass is 35.5. The minimum absolute atomic E-state index is 0.120. The van der Waals surface area contributed by atoms with Gasteiger partial charge >= 0.3 is 0 Å². The van der Waals surface area contributed by atoms with Crippen LogP contribution in [0.25, 0.3) is 0 Å². The molecule has 0 saturated carbocycles. The molecule has 1 unspecified atom stereocenters. The van der Waals surface area contributed by atoms with Gasteiger partial charge in [-0.05, 0) is 31.2 Å². The van der Waals surface area contributed by atoms with Crippen LogP contribution in [0, 0.1) is 5.82 Å². The second-order valence-electron chi connectivity index (χ2n) is 4.53. The molecule has 0 bridgehead atoms. The second-order valence-corrected chi connectivity index (χ2v) is 4.96. The third-order valence-electron chi connectivity index (χ3n) is 2.89. The fourth-order valence-electron chi connectivity index (χ4n) is 1.77. The van der Waals surface area contributed by atoms with Gasteiger partial charge in [-0.25, -0.2) is 4.39 Å². The molecule has 0 radical (unpaired) electrons. The Morgan fingerprint density at radius 3 is 2.76 bits per heavy atom. The van der Waals surface area contributed by atoms with Crippen LogP contribution in [0.2, 0.25) is 5.02 Å². The third-order valence-corrected chi connectivity index (χ3v) is 3.12. The lowest BCUT2D eigenvalue weighted by Crippen LogP contribution is -2.36. The van der Waals surface area contributed by atoms with Crippen LogP contribution in [-0.2, 0) is 11.3 Å². The molecule has 0 aliphatic rings. The van der Waals surface area contributed by atoms with E-state index in [2.05, 4.69) is 5.32 Å². The second kappa shape index (κ2) is 7.09. The molecule has 1 amide bonds. The van der Waals surface area contributed by atoms with Gasteiger partial charge in [0.25, 0.3) is 5.91 Å². The number of hydrogen-bond acceptors (Lipinski definition) is 2. The number of rotatable bonds is 5. The van der Waals surface area contributed by atoms with E-state index in [-0.39, 0.29) is 18.3 Å². The fraction of sp³-hybridized carbons (Fsp3) is 0.188. The molecule has 1 atom stereocenters. The smallest absolute Gasteiger partial charge is 0.261 e. The lowest BCUT2D eigenvalue weighted by atomic mass is 10.2. The summed E-state index contributed by atoms with van der Waals surface area (Å²) in [6.45, 7) is 1.74. The molecule has 110 valence electrons. The first-order chi connectivity index (χ1) is 10.1. The number of amides is 1. The maximum absolute atomic E-state index is 13.4. The van der Waals surface area contributed by atoms with Gasteiger partial charge < -0.3 is 10.1 Å². The molecule has 2 aromatic carbocycles. The number of nitrogens with one attached hydrogen (secondary N) is 1. The molecule has 0 heterocycles. The monoisotopic (exact) mass is 307 g/mol. The number of hydrogen-bond donors (Lipinski definition) is 1. The zero-order valence-corrected chi connectivity index (χ0v) is 12.2. The van der Waals surface area contributed by atoms with Gasteiger partial charge in [0.05, 0.1) is 0 Å². The normalized spacial score (nSPS) is 11.8. The molecule has 0 aliphatic heterocycles. The summed E-state index contributed by atoms with van der Waals surface area (Å²) in [6.07, 6.45) is -0.699. The molecule has 0 saturated heterocycles. The van der Waals surface area contributed by atoms with Crippen molar-refractivity contribution in [2.45, 2.75) is 19.6 Å². The molecule has 3 nitrogen and oxygen atoms in total. The van der Waals surface area contributed by atoms with Crippen molar-refractivity contribution in [2.24, 2.45) is 0 Å². The Bertz CT molecular complexity index is 633. The van der Waals surface area contributed by atoms with Crippen molar-refractivity contribution in [1.82, 2.24) is 5.32 Å². The average molecular weight is 308 g/mol. The highest BCUT2D eigenvalue weighted by Crippen LogP contribution is 2.18. The molecule has 0 aromatic heterocycles. The molecule has 0 spiro atoms. The van der Waals surface area contributed by atoms with Crippen LogP contribution in [0.1, 0.15) is 12.5 Å². The molecule has 2 rings (SSSR count). The Morgan fingerprint density at radius 2 is 2.05 bits per heavy atom. The zero-order chi connectivity index (χ0) is 15.2. The lowest BCUT2D eigenvalue weighted by Gasteiger charge is -2.15. The van der Waals surface area contributed by atoms with E-state index in [9.17, 15) is 9.18 Å². The SMILES string of the molecule is CC(Oc1cccc(Cl)c1)C(=O)NCc1ccccc1F. The van der Waals surface area contributed by atoms with Crippen LogP contribution in [0.4, 0.5) is 4.39 Å². The lowest BCUT2D eigenvalue weighted by molar-refractivity contribution is -0.127. The van der Waals surface area contributed by atoms with Crippen LogP contribution in [-0.4, -0.2) is 12.0 Å². The predicted octanol–water partition coefficient (Wildman–Crippen LogP) is 3.56. The summed E-state index contributed by atoms with van der Waals surface area (Å²) in [5.74, 6) is -0.157. The van der Waals surface area contributed by atoms with E-state index in [4.69, 9.17) is 16.3 Å². The van der Waals surface area contributed by atoms with E-state index < -0.39 is 6.10 Å². The summed E-state index contributed by atoms with van der Waals surface area (Å²) in [5, 5.41) is 3.17. The zero-order valence-electron chi connectivity index (χ0n) is 11.5. The first-order valence-corrected chi connectivity index (χ1v) is 6.87. The third kappa shape index (κ3) is 4.46. The van der Waals surface area contributed by atoms with Crippen LogP contribution in [0.5, 0.6) is 5.75 Å². The highest BCUT2D eigenvalue weighted by Gasteiger charge is 2.15. The summed E-state index contributed by atoms with van der Waals surface area (Å²) in [6, 6.07) is 13.1. The maximum Gasteiger partial charge on any atom is 0.261 e. The van der Waals surface area contributed by atoms with Crippen LogP contribution < -0.4 is 10.1 Å². The first-order valence-electron chi connectivity index (χ1n) is 6.49. The van der Waals surface area contributed by atoms with Gasteiger partial charge in [-0.2, -0.15) is 0 Å². The van der Waals surface area contributed by atoms with E-state index >= 15 is 0 Å². The molecule has 2 aromatic rings. The molecular weight excluding hydrogens is 293 g/mol. The Labute approximate surface area is 127 Å². The Balaban J connectivity index is 1.90. The average Bonchev–Trinajstić information content (AvgIpc) is 2.46. The van der Waals surface area contributed by atoms with Crippen molar-refractivity contribution < 1.29 is 13.9 Å². The van der Waals surface area contributed by atoms with E-state index in [1.807, 2.05) is 0 Å². The van der Waals surface area contributed by atoms with Gasteiger partial charge in [-0.1, -0.05) is 35.9 Å². The summed E-state index contributed by atoms with van der Waals surface area (Å²) in [4.78, 5) is 11.9. The summed E-state index contributed by atoms with van der Waals surface area (Å²) >= 11 is 5.84. The molecule has 0 aliphatic carbocycles. The fourth-order valence-corrected chi connectivity index (χ4v) is 1.95. The van der Waals surface area contributed by atoms with Crippen molar-refractivity contribution in [2.75, 3.05) is 0 Å². The first kappa shape index (κ1) is 15.3. The van der Waals surface area contributed by atoms with Gasteiger partial charge in [0, 0.05) is 17.1 Å². The number of carbonyl (C=O) groups excluding carboxylic acids is 1. The topological polar surface area (TPSA) is 38.3 Å². The van der Waals surface area contributed by atoms with E-state index in [1.54, 1.807) is 49.4 Å². The molecule has 21 heavy (non-hydrogen) atoms. The van der Waals surface area contributed by atoms with E-state index in [0.29, 0.717) is 16.3 Å². The number of benzene rings is 2. The summed E-state index contributed by atoms with van der Waals surface area (Å²) in [5.41, 5.74) is 0.431. The van der Waals surface area contributed by atoms with E-state index in [0.717, 1.165) is 0 Å². The summed E-state index contributed by atoms with van der Waals surface area (Å²) < 4.78 is 18.9. The van der Waals surface area contributed by atoms with Crippen molar-refractivity contribution in [3.8, 4) is 5.75 Å². The van der Waals surface area contributed by atoms with Gasteiger partial charge in [0.2, 0.25) is 0 Å². The number of carbonyl (C=O) groups is 1. The van der Waals surface area contributed by atoms with Gasteiger partial charge in [0.1, 0.15) is 11.6 Å². The quantitative estimate of drug-likeness (QED) is 0.917. The van der Waals surface area contributed by atoms with Crippen molar-refractivity contribution in [3.05, 3.63) is 64.9 Å². The minimum Gasteiger partial charge on any atom is -0.481 e. The van der Waals surface area contributed by atoms with Crippen LogP contribution in [0.15, 0.2) is 48.5 Å². The predicted molar refractivity (Wildman–Crippen MR) is 79.8 cm³/mol. The minimum atomic E-state index is -0.699. The van der Waals surface area contributed by atoms with Crippen LogP contribution >= 0.6 is 11.6 Å². The van der Waals surface area contributed by atoms with Crippen molar-refractivity contribution in [3.63, 3.8) is 0 Å². The molecule has 1 N–H and O–H groups in total. The standard InChI is InChI=1S/C16H15ClFNO2/c1-11(21-14-7-4-6-13(17)9-14)16(20)19-10-12-5-2-3-8-15(12)18/h2-9,11H,10H2,1H3,(H,19,20). The van der Waals surface area contributed by atoms with Crippen LogP contribution in [0.3, 0.4) is 0 Å². The molecular formula is C16H15ClFNO2. The summed E-state index contributed by atoms with van der Waals surface area (Å²) in [7, 11) is 0. The molecule has 0 fully saturated rings. The Hall–Kier alpha value is -2.07. The Morgan fingerprint density at radius 1 is 1.29 bits per heavy atom. The van der Waals surface area contributed by atoms with E-state index in [1.165, 1.54) is 6.07 Å². The van der Waals surface area contributed by atoms with Gasteiger partial charge in [-0.3, -0.25) is 4.79 Å². The van der Waals surface area contributed by atoms with Gasteiger partial charge in [0.15, 0.2) is 6.10 Å². The number of ether oxygens (including phenoxy) is 1. The largest absolute Gasteiger partial charge is 0.481 e. The van der Waals surface area contributed by atoms with Crippen molar-refractivity contribution >= 4 is 17.5 Å². The van der Waals surface area contributed by atoms with Gasteiger partial charge in [-0.15, -0.1) is 0 Å².